The fraction of sp³-hybridized carbons (Fsp3) is 0.802. The summed E-state index contributed by atoms with van der Waals surface area (Å²) >= 11 is 12.5. The molecule has 0 bridgehead atoms. The van der Waals surface area contributed by atoms with Gasteiger partial charge in [0.2, 0.25) is 23.6 Å². The first kappa shape index (κ1) is 119. The molecule has 1 saturated carbocycles. The third-order valence-corrected chi connectivity index (χ3v) is 20.5. The Morgan fingerprint density at radius 2 is 0.720 bits per heavy atom. The molecule has 2 aromatic rings. The first-order chi connectivity index (χ1) is 64.3. The minimum Gasteiger partial charge on any atom is -0.458 e. The molecular weight excluding hydrogens is 1780 g/mol. The van der Waals surface area contributed by atoms with E-state index in [1.807, 2.05) is 0 Å². The highest BCUT2D eigenvalue weighted by Gasteiger charge is 2.44. The molecule has 0 radical (unpaired) electrons. The molecule has 0 spiro atoms. The standard InChI is InChI=1S/C91H155Cl2N5O34/c1-73-80(72-99)131-74(2)85(86(73)103)98-83(102)16-15-81(100)95-22-24-108-26-28-110-30-32-112-34-36-114-38-40-116-42-44-118-46-48-120-50-52-122-54-56-124-58-60-126-62-64-128-66-68-130-70-69-129-67-65-127-63-61-125-59-57-123-55-53-121-51-49-119-47-45-117-43-41-115-39-37-113-35-33-111-31-29-109-27-25-107-23-17-82(101)94-21-20-91(18-6-7-19-91)89(106)97-79(88(105)132-90(3,4)5)71-75-11-13-76(14-12-75)96-87(104)84-77(92)9-8-10-78(84)93/h8-14,73-74,79-80,85-86,99,103H,6-7,15-72H2,1-5H3,(H,94,101)(H,95,100)(H,96,104)(H,97,106)(H,98,102)/t73-,74+,79+,80-,85+,86+/m1/s1. The maximum Gasteiger partial charge on any atom is 0.329 e. The Morgan fingerprint density at radius 1 is 0.417 bits per heavy atom. The summed E-state index contributed by atoms with van der Waals surface area (Å²) in [6.07, 6.45) is 1.78. The molecule has 4 rings (SSSR count). The second kappa shape index (κ2) is 80.7. The lowest BCUT2D eigenvalue weighted by atomic mass is 9.81. The average molecular weight is 1930 g/mol. The summed E-state index contributed by atoms with van der Waals surface area (Å²) in [5.74, 6) is -2.47. The van der Waals surface area contributed by atoms with Gasteiger partial charge in [0.1, 0.15) is 11.6 Å². The Bertz CT molecular complexity index is 3160. The molecule has 762 valence electrons. The third-order valence-electron chi connectivity index (χ3n) is 19.9. The van der Waals surface area contributed by atoms with Gasteiger partial charge in [-0.2, -0.15) is 0 Å². The van der Waals surface area contributed by atoms with Gasteiger partial charge in [0, 0.05) is 50.4 Å². The number of carbonyl (C=O) groups is 6. The summed E-state index contributed by atoms with van der Waals surface area (Å²) in [6, 6.07) is 10.1. The lowest BCUT2D eigenvalue weighted by molar-refractivity contribution is -0.161. The summed E-state index contributed by atoms with van der Waals surface area (Å²) in [6.45, 7) is 29.8. The van der Waals surface area contributed by atoms with Crippen LogP contribution >= 0.6 is 23.2 Å². The number of aliphatic hydroxyl groups excluding tert-OH is 2. The number of carbonyl (C=O) groups excluding carboxylic acids is 6. The first-order valence-corrected chi connectivity index (χ1v) is 47.1. The van der Waals surface area contributed by atoms with Crippen molar-refractivity contribution in [2.75, 3.05) is 342 Å². The third kappa shape index (κ3) is 62.6. The SMILES string of the molecule is C[C@H]1[C@H](O)[C@@H](NC(=O)CCC(=O)NCCOCCOCCOCCOCCOCCOCCOCCOCCOCCOCCOCCOCCOCCOCCOCCOCCOCCOCCOCCOCCOCCOCCOCCOCCC(=O)NCCC2(C(=O)N[C@@H](Cc3ccc(NC(=O)c4c(Cl)cccc4Cl)cc3)C(=O)OC(C)(C)C)CCCC2)[C@H](C)O[C@@H]1CO. The van der Waals surface area contributed by atoms with E-state index in [1.165, 1.54) is 0 Å². The van der Waals surface area contributed by atoms with Crippen LogP contribution in [0.25, 0.3) is 0 Å². The Kier molecular flexibility index (Phi) is 72.8. The molecule has 41 heteroatoms. The summed E-state index contributed by atoms with van der Waals surface area (Å²) in [5.41, 5.74) is -0.172. The number of hydrogen-bond donors (Lipinski definition) is 7. The highest BCUT2D eigenvalue weighted by Crippen LogP contribution is 2.41. The molecule has 1 heterocycles. The van der Waals surface area contributed by atoms with Crippen molar-refractivity contribution in [1.29, 1.82) is 0 Å². The Labute approximate surface area is 789 Å². The minimum absolute atomic E-state index is 0.00200. The molecule has 2 aliphatic rings. The Balaban J connectivity index is 0.742. The van der Waals surface area contributed by atoms with Gasteiger partial charge in [-0.05, 0) is 76.8 Å². The summed E-state index contributed by atoms with van der Waals surface area (Å²) < 4.78 is 145. The van der Waals surface area contributed by atoms with E-state index in [2.05, 4.69) is 26.6 Å². The number of nitrogens with one attached hydrogen (secondary N) is 5. The van der Waals surface area contributed by atoms with Crippen LogP contribution in [0.4, 0.5) is 5.69 Å². The fourth-order valence-corrected chi connectivity index (χ4v) is 13.4. The minimum atomic E-state index is -0.984. The molecule has 2 aromatic carbocycles. The molecular formula is C91H155Cl2N5O34. The van der Waals surface area contributed by atoms with Crippen LogP contribution in [0.1, 0.15) is 102 Å². The van der Waals surface area contributed by atoms with Gasteiger partial charge in [-0.25, -0.2) is 4.79 Å². The van der Waals surface area contributed by atoms with Gasteiger partial charge in [-0.1, -0.05) is 61.2 Å². The molecule has 1 aliphatic heterocycles. The van der Waals surface area contributed by atoms with Crippen molar-refractivity contribution in [3.63, 3.8) is 0 Å². The predicted octanol–water partition coefficient (Wildman–Crippen LogP) is 4.63. The van der Waals surface area contributed by atoms with Crippen molar-refractivity contribution in [2.24, 2.45) is 11.3 Å². The number of aliphatic hydroxyl groups is 2. The highest BCUT2D eigenvalue weighted by molar-refractivity contribution is 6.40. The summed E-state index contributed by atoms with van der Waals surface area (Å²) in [7, 11) is 0. The van der Waals surface area contributed by atoms with E-state index in [0.717, 1.165) is 18.4 Å². The fourth-order valence-electron chi connectivity index (χ4n) is 12.8. The number of ether oxygens (including phenoxy) is 26. The van der Waals surface area contributed by atoms with Crippen molar-refractivity contribution in [3.8, 4) is 0 Å². The van der Waals surface area contributed by atoms with E-state index < -0.39 is 53.3 Å². The average Bonchev–Trinajstić information content (AvgIpc) is 1.01. The van der Waals surface area contributed by atoms with E-state index in [1.54, 1.807) is 77.1 Å². The van der Waals surface area contributed by atoms with Crippen LogP contribution < -0.4 is 26.6 Å². The molecule has 0 unspecified atom stereocenters. The number of halogens is 2. The number of benzene rings is 2. The smallest absolute Gasteiger partial charge is 0.329 e. The van der Waals surface area contributed by atoms with E-state index in [4.69, 9.17) is 146 Å². The van der Waals surface area contributed by atoms with Gasteiger partial charge in [-0.3, -0.25) is 24.0 Å². The maximum absolute atomic E-state index is 14.1. The van der Waals surface area contributed by atoms with Crippen LogP contribution in [0.3, 0.4) is 0 Å². The number of hydrogen-bond acceptors (Lipinski definition) is 34. The van der Waals surface area contributed by atoms with Crippen molar-refractivity contribution in [2.45, 2.75) is 128 Å². The van der Waals surface area contributed by atoms with Crippen LogP contribution in [0.2, 0.25) is 10.0 Å². The molecule has 1 aliphatic carbocycles. The van der Waals surface area contributed by atoms with Gasteiger partial charge in [0.05, 0.1) is 369 Å². The van der Waals surface area contributed by atoms with Crippen LogP contribution in [0, 0.1) is 11.3 Å². The molecule has 39 nitrogen and oxygen atoms in total. The second-order valence-electron chi connectivity index (χ2n) is 31.4. The van der Waals surface area contributed by atoms with Crippen molar-refractivity contribution < 1.29 is 162 Å². The normalized spacial score (nSPS) is 16.4. The van der Waals surface area contributed by atoms with Crippen LogP contribution in [0.5, 0.6) is 0 Å². The molecule has 2 fully saturated rings. The van der Waals surface area contributed by atoms with Gasteiger partial charge >= 0.3 is 5.97 Å². The van der Waals surface area contributed by atoms with Crippen molar-refractivity contribution >= 4 is 64.4 Å². The lowest BCUT2D eigenvalue weighted by Crippen LogP contribution is -2.60. The number of rotatable bonds is 90. The van der Waals surface area contributed by atoms with Gasteiger partial charge in [0.15, 0.2) is 0 Å². The predicted molar refractivity (Wildman–Crippen MR) is 486 cm³/mol. The molecule has 0 aromatic heterocycles. The zero-order chi connectivity index (χ0) is 95.1. The highest BCUT2D eigenvalue weighted by atomic mass is 35.5. The zero-order valence-corrected chi connectivity index (χ0v) is 80.2. The number of esters is 1. The van der Waals surface area contributed by atoms with E-state index in [9.17, 15) is 39.0 Å². The summed E-state index contributed by atoms with van der Waals surface area (Å²) in [4.78, 5) is 77.9. The van der Waals surface area contributed by atoms with Gasteiger partial charge < -0.3 is 160 Å². The first-order valence-electron chi connectivity index (χ1n) is 46.3. The van der Waals surface area contributed by atoms with Crippen LogP contribution in [0.15, 0.2) is 42.5 Å². The lowest BCUT2D eigenvalue weighted by Gasteiger charge is -2.42. The molecule has 5 amide bonds. The largest absolute Gasteiger partial charge is 0.458 e. The van der Waals surface area contributed by atoms with E-state index in [0.29, 0.717) is 342 Å². The topological polar surface area (TPSA) is 443 Å². The zero-order valence-electron chi connectivity index (χ0n) is 78.6. The molecule has 1 saturated heterocycles. The van der Waals surface area contributed by atoms with E-state index in [-0.39, 0.29) is 90.6 Å². The van der Waals surface area contributed by atoms with Crippen molar-refractivity contribution in [3.05, 3.63) is 63.6 Å². The van der Waals surface area contributed by atoms with Gasteiger partial charge in [0.25, 0.3) is 5.91 Å². The number of anilines is 1. The Hall–Kier alpha value is -5.24. The molecule has 6 atom stereocenters. The Morgan fingerprint density at radius 3 is 1.05 bits per heavy atom. The van der Waals surface area contributed by atoms with Crippen LogP contribution in [-0.4, -0.2) is 419 Å². The second-order valence-corrected chi connectivity index (χ2v) is 32.2. The van der Waals surface area contributed by atoms with E-state index >= 15 is 0 Å². The summed E-state index contributed by atoms with van der Waals surface area (Å²) in [5, 5.41) is 34.6. The maximum atomic E-state index is 14.1. The quantitative estimate of drug-likeness (QED) is 0.0350. The van der Waals surface area contributed by atoms with Crippen LogP contribution in [-0.2, 0) is 154 Å². The van der Waals surface area contributed by atoms with Crippen molar-refractivity contribution in [1.82, 2.24) is 21.3 Å². The van der Waals surface area contributed by atoms with Gasteiger partial charge in [-0.15, -0.1) is 0 Å². The molecule has 132 heavy (non-hydrogen) atoms. The monoisotopic (exact) mass is 1930 g/mol. The number of amides is 5. The molecule has 7 N–H and O–H groups in total.